The summed E-state index contributed by atoms with van der Waals surface area (Å²) >= 11 is 3.14. The second-order valence-electron chi connectivity index (χ2n) is 7.94. The fourth-order valence-electron chi connectivity index (χ4n) is 3.19. The van der Waals surface area contributed by atoms with Gasteiger partial charge in [-0.3, -0.25) is 10.1 Å². The third kappa shape index (κ3) is 4.28. The van der Waals surface area contributed by atoms with Gasteiger partial charge in [0.25, 0.3) is 5.56 Å². The van der Waals surface area contributed by atoms with Gasteiger partial charge >= 0.3 is 6.09 Å². The van der Waals surface area contributed by atoms with Gasteiger partial charge in [0.2, 0.25) is 0 Å². The molecule has 0 saturated carbocycles. The molecule has 4 aromatic heterocycles. The second-order valence-corrected chi connectivity index (χ2v) is 9.99. The number of carbonyl (C=O) groups excluding carboxylic acids is 1. The van der Waals surface area contributed by atoms with Gasteiger partial charge in [0.1, 0.15) is 16.9 Å². The lowest BCUT2D eigenvalue weighted by molar-refractivity contribution is 0.0635. The van der Waals surface area contributed by atoms with Crippen LogP contribution in [-0.2, 0) is 18.3 Å². The van der Waals surface area contributed by atoms with Crippen LogP contribution >= 0.6 is 23.1 Å². The number of aromatic nitrogens is 5. The highest BCUT2D eigenvalue weighted by atomic mass is 32.2. The minimum atomic E-state index is -0.609. The van der Waals surface area contributed by atoms with E-state index in [-0.39, 0.29) is 12.1 Å². The Hall–Kier alpha value is -2.92. The molecule has 0 aliphatic carbocycles. The Kier molecular flexibility index (Phi) is 5.48. The van der Waals surface area contributed by atoms with Crippen LogP contribution in [0.1, 0.15) is 26.3 Å². The molecule has 0 aromatic carbocycles. The molecule has 31 heavy (non-hydrogen) atoms. The van der Waals surface area contributed by atoms with E-state index in [0.29, 0.717) is 11.3 Å². The maximum atomic E-state index is 13.1. The van der Waals surface area contributed by atoms with Crippen molar-refractivity contribution in [2.24, 2.45) is 7.05 Å². The molecule has 0 saturated heterocycles. The molecule has 0 aliphatic heterocycles. The fourth-order valence-corrected chi connectivity index (χ4v) is 4.79. The van der Waals surface area contributed by atoms with Gasteiger partial charge in [0.05, 0.1) is 17.4 Å². The number of amides is 1. The van der Waals surface area contributed by atoms with Gasteiger partial charge in [0, 0.05) is 18.6 Å². The number of nitrogens with zero attached hydrogens (tertiary/aromatic N) is 5. The predicted octanol–water partition coefficient (Wildman–Crippen LogP) is 3.86. The number of thioether (sulfide) groups is 1. The van der Waals surface area contributed by atoms with Crippen molar-refractivity contribution in [3.63, 3.8) is 0 Å². The highest BCUT2D eigenvalue weighted by Gasteiger charge is 2.19. The van der Waals surface area contributed by atoms with E-state index < -0.39 is 11.7 Å². The van der Waals surface area contributed by atoms with Crippen molar-refractivity contribution < 1.29 is 9.53 Å². The number of carbonyl (C=O) groups is 1. The molecule has 1 N–H and O–H groups in total. The van der Waals surface area contributed by atoms with Crippen molar-refractivity contribution in [2.45, 2.75) is 37.3 Å². The molecule has 11 heteroatoms. The Morgan fingerprint density at radius 1 is 1.35 bits per heavy atom. The number of anilines is 1. The number of pyridine rings is 1. The summed E-state index contributed by atoms with van der Waals surface area (Å²) in [6.45, 7) is 5.60. The molecule has 9 nitrogen and oxygen atoms in total. The van der Waals surface area contributed by atoms with Crippen molar-refractivity contribution in [3.05, 3.63) is 40.4 Å². The lowest BCUT2D eigenvalue weighted by Crippen LogP contribution is -2.27. The van der Waals surface area contributed by atoms with Gasteiger partial charge < -0.3 is 9.30 Å². The Balaban J connectivity index is 1.63. The van der Waals surface area contributed by atoms with Crippen molar-refractivity contribution in [3.8, 4) is 0 Å². The highest BCUT2D eigenvalue weighted by molar-refractivity contribution is 8.00. The third-order valence-corrected chi connectivity index (χ3v) is 6.53. The summed E-state index contributed by atoms with van der Waals surface area (Å²) in [5.74, 6) is 0.342. The second kappa shape index (κ2) is 7.97. The summed E-state index contributed by atoms with van der Waals surface area (Å²) in [4.78, 5) is 33.9. The molecule has 4 heterocycles. The first-order valence-corrected chi connectivity index (χ1v) is 11.5. The smallest absolute Gasteiger partial charge is 0.413 e. The molecule has 0 aliphatic rings. The monoisotopic (exact) mass is 458 g/mol. The van der Waals surface area contributed by atoms with E-state index in [2.05, 4.69) is 20.4 Å². The number of hydrogen-bond donors (Lipinski definition) is 1. The summed E-state index contributed by atoms with van der Waals surface area (Å²) in [5.41, 5.74) is 1.32. The zero-order valence-electron chi connectivity index (χ0n) is 17.8. The van der Waals surface area contributed by atoms with Gasteiger partial charge in [-0.05, 0) is 44.7 Å². The zero-order valence-corrected chi connectivity index (χ0v) is 19.4. The minimum absolute atomic E-state index is 0.200. The summed E-state index contributed by atoms with van der Waals surface area (Å²) < 4.78 is 10.4. The van der Waals surface area contributed by atoms with Crippen LogP contribution in [0, 0.1) is 0 Å². The Labute approximate surface area is 186 Å². The summed E-state index contributed by atoms with van der Waals surface area (Å²) in [7, 11) is 1.84. The summed E-state index contributed by atoms with van der Waals surface area (Å²) in [6, 6.07) is 3.46. The minimum Gasteiger partial charge on any atom is -0.444 e. The van der Waals surface area contributed by atoms with Crippen LogP contribution in [0.4, 0.5) is 10.6 Å². The molecule has 0 radical (unpaired) electrons. The first-order chi connectivity index (χ1) is 14.7. The van der Waals surface area contributed by atoms with E-state index in [1.807, 2.05) is 17.9 Å². The van der Waals surface area contributed by atoms with Gasteiger partial charge in [0.15, 0.2) is 9.99 Å². The van der Waals surface area contributed by atoms with E-state index in [9.17, 15) is 9.59 Å². The quantitative estimate of drug-likeness (QED) is 0.463. The molecular weight excluding hydrogens is 436 g/mol. The highest BCUT2D eigenvalue weighted by Crippen LogP contribution is 2.34. The van der Waals surface area contributed by atoms with E-state index in [0.717, 1.165) is 25.6 Å². The van der Waals surface area contributed by atoms with Crippen LogP contribution in [0.3, 0.4) is 0 Å². The predicted molar refractivity (Wildman–Crippen MR) is 123 cm³/mol. The van der Waals surface area contributed by atoms with Crippen LogP contribution in [0.2, 0.25) is 0 Å². The SMILES string of the molecule is CSc1nc2c(s1)c1cnn(Cc3ccnc(NC(=O)OC(C)(C)C)c3)c(=O)c1n2C. The largest absolute Gasteiger partial charge is 0.444 e. The maximum Gasteiger partial charge on any atom is 0.413 e. The van der Waals surface area contributed by atoms with Gasteiger partial charge in [-0.2, -0.15) is 5.10 Å². The number of rotatable bonds is 4. The maximum absolute atomic E-state index is 13.1. The van der Waals surface area contributed by atoms with Crippen molar-refractivity contribution in [2.75, 3.05) is 11.6 Å². The molecule has 0 spiro atoms. The Bertz CT molecular complexity index is 1350. The number of aryl methyl sites for hydroxylation is 1. The average molecular weight is 459 g/mol. The normalized spacial score (nSPS) is 11.9. The molecule has 4 aromatic rings. The lowest BCUT2D eigenvalue weighted by atomic mass is 10.2. The standard InChI is InChI=1S/C20H22N6O3S2/c1-20(2,3)29-18(28)23-13-8-11(6-7-21-13)10-26-17(27)14-12(9-22-26)15-16(25(14)4)24-19(30-5)31-15/h6-9H,10H2,1-5H3,(H,21,23,28). The van der Waals surface area contributed by atoms with E-state index >= 15 is 0 Å². The van der Waals surface area contributed by atoms with Crippen LogP contribution in [0.15, 0.2) is 33.7 Å². The summed E-state index contributed by atoms with van der Waals surface area (Å²) in [6.07, 6.45) is 4.67. The fraction of sp³-hybridized carbons (Fsp3) is 0.350. The Morgan fingerprint density at radius 3 is 2.84 bits per heavy atom. The third-order valence-electron chi connectivity index (χ3n) is 4.47. The van der Waals surface area contributed by atoms with Crippen LogP contribution < -0.4 is 10.9 Å². The van der Waals surface area contributed by atoms with Gasteiger partial charge in [-0.25, -0.2) is 19.4 Å². The molecule has 162 valence electrons. The van der Waals surface area contributed by atoms with Crippen LogP contribution in [0.25, 0.3) is 21.3 Å². The van der Waals surface area contributed by atoms with E-state index in [4.69, 9.17) is 4.74 Å². The first-order valence-electron chi connectivity index (χ1n) is 9.50. The van der Waals surface area contributed by atoms with Crippen molar-refractivity contribution in [1.82, 2.24) is 24.3 Å². The number of fused-ring (bicyclic) bond motifs is 3. The van der Waals surface area contributed by atoms with E-state index in [1.54, 1.807) is 68.4 Å². The molecule has 0 unspecified atom stereocenters. The molecule has 1 amide bonds. The number of ether oxygens (including phenoxy) is 1. The molecular formula is C20H22N6O3S2. The van der Waals surface area contributed by atoms with Crippen molar-refractivity contribution >= 4 is 56.3 Å². The number of nitrogens with one attached hydrogen (secondary N) is 1. The van der Waals surface area contributed by atoms with Crippen LogP contribution in [-0.4, -0.2) is 42.3 Å². The molecule has 0 bridgehead atoms. The molecule has 0 fully saturated rings. The van der Waals surface area contributed by atoms with Gasteiger partial charge in [-0.1, -0.05) is 11.8 Å². The number of thiazole rings is 1. The van der Waals surface area contributed by atoms with Gasteiger partial charge in [-0.15, -0.1) is 11.3 Å². The molecule has 4 rings (SSSR count). The van der Waals surface area contributed by atoms with E-state index in [1.165, 1.54) is 4.68 Å². The summed E-state index contributed by atoms with van der Waals surface area (Å²) in [5, 5.41) is 7.78. The van der Waals surface area contributed by atoms with Crippen LogP contribution in [0.5, 0.6) is 0 Å². The lowest BCUT2D eigenvalue weighted by Gasteiger charge is -2.19. The molecule has 0 atom stereocenters. The zero-order chi connectivity index (χ0) is 22.3. The average Bonchev–Trinajstić information content (AvgIpc) is 3.22. The topological polar surface area (TPSA) is 104 Å². The number of hydrogen-bond acceptors (Lipinski definition) is 8. The first kappa shape index (κ1) is 21.3. The Morgan fingerprint density at radius 2 is 2.13 bits per heavy atom. The van der Waals surface area contributed by atoms with Crippen molar-refractivity contribution in [1.29, 1.82) is 0 Å².